The minimum absolute atomic E-state index is 0.0609. The van der Waals surface area contributed by atoms with E-state index >= 15 is 0 Å². The Balaban J connectivity index is 1.65. The molecular weight excluding hydrogens is 346 g/mol. The van der Waals surface area contributed by atoms with Crippen LogP contribution in [0.4, 0.5) is 10.5 Å². The van der Waals surface area contributed by atoms with Crippen LogP contribution in [0.15, 0.2) is 66.9 Å². The summed E-state index contributed by atoms with van der Waals surface area (Å²) >= 11 is 0. The number of aromatic nitrogens is 1. The Bertz CT molecular complexity index is 954. The highest BCUT2D eigenvalue weighted by Gasteiger charge is 2.32. The number of carbonyl (C=O) groups is 1. The number of nitrogens with one attached hydrogen (secondary N) is 1. The lowest BCUT2D eigenvalue weighted by molar-refractivity contribution is 0.182. The predicted molar refractivity (Wildman–Crippen MR) is 114 cm³/mol. The predicted octanol–water partition coefficient (Wildman–Crippen LogP) is 5.56. The molecule has 1 N–H and O–H groups in total. The van der Waals surface area contributed by atoms with Crippen LogP contribution in [-0.2, 0) is 6.54 Å². The van der Waals surface area contributed by atoms with Crippen LogP contribution in [0.1, 0.15) is 48.2 Å². The second kappa shape index (κ2) is 7.55. The molecule has 2 heterocycles. The summed E-state index contributed by atoms with van der Waals surface area (Å²) < 4.78 is 2.25. The van der Waals surface area contributed by atoms with Gasteiger partial charge in [-0.15, -0.1) is 0 Å². The number of hydrogen-bond acceptors (Lipinski definition) is 1. The van der Waals surface area contributed by atoms with Crippen molar-refractivity contribution < 1.29 is 4.79 Å². The third-order valence-corrected chi connectivity index (χ3v) is 5.52. The molecule has 28 heavy (non-hydrogen) atoms. The molecule has 0 fully saturated rings. The molecule has 4 rings (SSSR count). The van der Waals surface area contributed by atoms with Crippen LogP contribution in [-0.4, -0.2) is 22.0 Å². The molecular formula is C24H27N3O. The smallest absolute Gasteiger partial charge is 0.322 e. The first-order valence-corrected chi connectivity index (χ1v) is 9.92. The van der Waals surface area contributed by atoms with Gasteiger partial charge >= 0.3 is 6.03 Å². The van der Waals surface area contributed by atoms with Gasteiger partial charge in [-0.2, -0.15) is 0 Å². The molecule has 2 aromatic carbocycles. The summed E-state index contributed by atoms with van der Waals surface area (Å²) in [7, 11) is 0. The molecule has 0 saturated carbocycles. The van der Waals surface area contributed by atoms with E-state index in [0.717, 1.165) is 23.5 Å². The maximum Gasteiger partial charge on any atom is 0.322 e. The van der Waals surface area contributed by atoms with Gasteiger partial charge in [-0.3, -0.25) is 0 Å². The van der Waals surface area contributed by atoms with E-state index in [0.29, 0.717) is 12.5 Å². The first-order valence-electron chi connectivity index (χ1n) is 9.92. The molecule has 1 aliphatic rings. The van der Waals surface area contributed by atoms with Gasteiger partial charge in [0.25, 0.3) is 0 Å². The molecule has 0 aliphatic carbocycles. The van der Waals surface area contributed by atoms with Crippen molar-refractivity contribution in [2.75, 3.05) is 11.9 Å². The lowest BCUT2D eigenvalue weighted by Crippen LogP contribution is -2.44. The molecule has 1 atom stereocenters. The second-order valence-electron chi connectivity index (χ2n) is 7.84. The Morgan fingerprint density at radius 2 is 1.71 bits per heavy atom. The molecule has 1 aliphatic heterocycles. The number of carbonyl (C=O) groups excluding carboxylic acids is 1. The largest absolute Gasteiger partial charge is 0.348 e. The van der Waals surface area contributed by atoms with Gasteiger partial charge in [0.05, 0.1) is 6.04 Å². The topological polar surface area (TPSA) is 37.3 Å². The molecule has 1 aromatic heterocycles. The summed E-state index contributed by atoms with van der Waals surface area (Å²) in [4.78, 5) is 15.1. The molecule has 3 aromatic rings. The van der Waals surface area contributed by atoms with Crippen molar-refractivity contribution in [2.45, 2.75) is 39.3 Å². The first-order chi connectivity index (χ1) is 13.5. The Morgan fingerprint density at radius 1 is 1.00 bits per heavy atom. The number of urea groups is 1. The van der Waals surface area contributed by atoms with Gasteiger partial charge in [-0.1, -0.05) is 55.8 Å². The second-order valence-corrected chi connectivity index (χ2v) is 7.84. The summed E-state index contributed by atoms with van der Waals surface area (Å²) in [6, 6.07) is 20.6. The fourth-order valence-corrected chi connectivity index (χ4v) is 3.85. The van der Waals surface area contributed by atoms with E-state index in [1.165, 1.54) is 11.1 Å². The van der Waals surface area contributed by atoms with E-state index in [1.807, 2.05) is 36.1 Å². The van der Waals surface area contributed by atoms with Crippen molar-refractivity contribution in [3.05, 3.63) is 89.2 Å². The van der Waals surface area contributed by atoms with Crippen molar-refractivity contribution in [1.82, 2.24) is 9.47 Å². The van der Waals surface area contributed by atoms with Crippen LogP contribution in [0.2, 0.25) is 0 Å². The van der Waals surface area contributed by atoms with E-state index in [2.05, 4.69) is 66.3 Å². The monoisotopic (exact) mass is 373 g/mol. The maximum atomic E-state index is 13.1. The number of anilines is 1. The zero-order valence-corrected chi connectivity index (χ0v) is 16.7. The lowest BCUT2D eigenvalue weighted by Gasteiger charge is -2.37. The number of hydrogen-bond donors (Lipinski definition) is 1. The molecule has 144 valence electrons. The van der Waals surface area contributed by atoms with Crippen molar-refractivity contribution in [3.63, 3.8) is 0 Å². The highest BCUT2D eigenvalue weighted by molar-refractivity contribution is 5.90. The van der Waals surface area contributed by atoms with E-state index < -0.39 is 0 Å². The number of fused-ring (bicyclic) bond motifs is 1. The van der Waals surface area contributed by atoms with Crippen LogP contribution >= 0.6 is 0 Å². The van der Waals surface area contributed by atoms with Crippen LogP contribution in [0.5, 0.6) is 0 Å². The Hall–Kier alpha value is -3.01. The quantitative estimate of drug-likeness (QED) is 0.641. The summed E-state index contributed by atoms with van der Waals surface area (Å²) in [6.45, 7) is 7.92. The molecule has 0 spiro atoms. The Morgan fingerprint density at radius 3 is 2.39 bits per heavy atom. The normalized spacial score (nSPS) is 16.1. The zero-order chi connectivity index (χ0) is 19.7. The van der Waals surface area contributed by atoms with Crippen LogP contribution < -0.4 is 5.32 Å². The highest BCUT2D eigenvalue weighted by atomic mass is 16.2. The minimum atomic E-state index is -0.0876. The molecule has 4 heteroatoms. The molecule has 0 saturated heterocycles. The molecule has 0 bridgehead atoms. The van der Waals surface area contributed by atoms with Gasteiger partial charge in [-0.25, -0.2) is 4.79 Å². The third-order valence-electron chi connectivity index (χ3n) is 5.52. The van der Waals surface area contributed by atoms with E-state index in [-0.39, 0.29) is 12.1 Å². The number of nitrogens with zero attached hydrogens (tertiary/aromatic N) is 2. The zero-order valence-electron chi connectivity index (χ0n) is 16.7. The number of amides is 2. The fourth-order valence-electron chi connectivity index (χ4n) is 3.85. The SMILES string of the molecule is Cc1ccc(NC(=O)N2CCn3cccc3C2c2ccc(C(C)C)cc2)cc1. The van der Waals surface area contributed by atoms with E-state index in [9.17, 15) is 4.79 Å². The average Bonchev–Trinajstić information content (AvgIpc) is 3.18. The first kappa shape index (κ1) is 18.4. The van der Waals surface area contributed by atoms with Crippen molar-refractivity contribution in [2.24, 2.45) is 0 Å². The molecule has 1 unspecified atom stereocenters. The van der Waals surface area contributed by atoms with Crippen LogP contribution in [0.25, 0.3) is 0 Å². The third kappa shape index (κ3) is 3.55. The molecule has 4 nitrogen and oxygen atoms in total. The Kier molecular flexibility index (Phi) is 4.95. The lowest BCUT2D eigenvalue weighted by atomic mass is 9.96. The highest BCUT2D eigenvalue weighted by Crippen LogP contribution is 2.33. The summed E-state index contributed by atoms with van der Waals surface area (Å²) in [6.07, 6.45) is 2.10. The fraction of sp³-hybridized carbons (Fsp3) is 0.292. The van der Waals surface area contributed by atoms with Crippen LogP contribution in [0.3, 0.4) is 0 Å². The van der Waals surface area contributed by atoms with Crippen molar-refractivity contribution in [1.29, 1.82) is 0 Å². The number of aryl methyl sites for hydroxylation is 1. The van der Waals surface area contributed by atoms with Gasteiger partial charge in [0.1, 0.15) is 0 Å². The van der Waals surface area contributed by atoms with Gasteiger partial charge in [0, 0.05) is 30.7 Å². The van der Waals surface area contributed by atoms with Crippen molar-refractivity contribution in [3.8, 4) is 0 Å². The number of rotatable bonds is 3. The van der Waals surface area contributed by atoms with Gasteiger partial charge in [-0.05, 0) is 48.2 Å². The van der Waals surface area contributed by atoms with Gasteiger partial charge in [0.15, 0.2) is 0 Å². The summed E-state index contributed by atoms with van der Waals surface area (Å²) in [5.41, 5.74) is 5.61. The average molecular weight is 374 g/mol. The van der Waals surface area contributed by atoms with Crippen molar-refractivity contribution >= 4 is 11.7 Å². The van der Waals surface area contributed by atoms with Gasteiger partial charge in [0.2, 0.25) is 0 Å². The Labute approximate surface area is 166 Å². The van der Waals surface area contributed by atoms with Gasteiger partial charge < -0.3 is 14.8 Å². The maximum absolute atomic E-state index is 13.1. The number of benzene rings is 2. The standard InChI is InChI=1S/C24H27N3O/c1-17(2)19-8-10-20(11-9-19)23-22-5-4-14-26(22)15-16-27(23)24(28)25-21-12-6-18(3)7-13-21/h4-14,17,23H,15-16H2,1-3H3,(H,25,28). The summed E-state index contributed by atoms with van der Waals surface area (Å²) in [5.74, 6) is 0.491. The minimum Gasteiger partial charge on any atom is -0.348 e. The molecule has 0 radical (unpaired) electrons. The summed E-state index contributed by atoms with van der Waals surface area (Å²) in [5, 5.41) is 3.07. The van der Waals surface area contributed by atoms with E-state index in [4.69, 9.17) is 0 Å². The van der Waals surface area contributed by atoms with Crippen LogP contribution in [0, 0.1) is 6.92 Å². The molecule has 2 amide bonds. The van der Waals surface area contributed by atoms with E-state index in [1.54, 1.807) is 0 Å².